The van der Waals surface area contributed by atoms with Gasteiger partial charge in [0.15, 0.2) is 0 Å². The highest BCUT2D eigenvalue weighted by molar-refractivity contribution is 5.82. The van der Waals surface area contributed by atoms with Crippen molar-refractivity contribution in [2.75, 3.05) is 20.2 Å². The topological polar surface area (TPSA) is 71.4 Å². The summed E-state index contributed by atoms with van der Waals surface area (Å²) in [4.78, 5) is 19.4. The van der Waals surface area contributed by atoms with Crippen LogP contribution in [0.5, 0.6) is 5.75 Å². The third-order valence-corrected chi connectivity index (χ3v) is 6.20. The highest BCUT2D eigenvalue weighted by atomic mass is 16.5. The number of hydrazine groups is 1. The summed E-state index contributed by atoms with van der Waals surface area (Å²) in [5.74, 6) is 2.80. The van der Waals surface area contributed by atoms with Crippen LogP contribution in [0, 0.1) is 5.92 Å². The summed E-state index contributed by atoms with van der Waals surface area (Å²) in [5, 5.41) is 0. The molecule has 2 saturated heterocycles. The molecule has 0 bridgehead atoms. The van der Waals surface area contributed by atoms with E-state index in [2.05, 4.69) is 39.6 Å². The number of piperidine rings is 1. The van der Waals surface area contributed by atoms with Gasteiger partial charge in [0.1, 0.15) is 17.6 Å². The van der Waals surface area contributed by atoms with Crippen LogP contribution >= 0.6 is 0 Å². The fourth-order valence-electron chi connectivity index (χ4n) is 4.45. The van der Waals surface area contributed by atoms with Gasteiger partial charge in [-0.1, -0.05) is 19.1 Å². The van der Waals surface area contributed by atoms with Crippen LogP contribution in [0.3, 0.4) is 0 Å². The predicted octanol–water partition coefficient (Wildman–Crippen LogP) is 2.30. The minimum absolute atomic E-state index is 0.116. The van der Waals surface area contributed by atoms with Crippen molar-refractivity contribution in [3.05, 3.63) is 48.0 Å². The number of ether oxygens (including phenoxy) is 1. The van der Waals surface area contributed by atoms with E-state index in [0.717, 1.165) is 62.5 Å². The summed E-state index contributed by atoms with van der Waals surface area (Å²) < 4.78 is 7.58. The Morgan fingerprint density at radius 3 is 2.86 bits per heavy atom. The molecule has 2 fully saturated rings. The molecule has 0 spiro atoms. The van der Waals surface area contributed by atoms with E-state index in [1.807, 2.05) is 29.3 Å². The molecular formula is C22H31N5O2. The number of aromatic nitrogens is 2. The average molecular weight is 398 g/mol. The highest BCUT2D eigenvalue weighted by Gasteiger charge is 2.34. The van der Waals surface area contributed by atoms with Crippen LogP contribution in [0.2, 0.25) is 0 Å². The first-order valence-corrected chi connectivity index (χ1v) is 10.6. The van der Waals surface area contributed by atoms with E-state index in [-0.39, 0.29) is 18.0 Å². The molecule has 7 nitrogen and oxygen atoms in total. The van der Waals surface area contributed by atoms with E-state index in [1.165, 1.54) is 0 Å². The zero-order valence-corrected chi connectivity index (χ0v) is 17.3. The molecule has 1 amide bonds. The van der Waals surface area contributed by atoms with Crippen LogP contribution < -0.4 is 15.6 Å². The Morgan fingerprint density at radius 2 is 2.10 bits per heavy atom. The molecule has 2 unspecified atom stereocenters. The maximum absolute atomic E-state index is 13.0. The molecule has 4 rings (SSSR count). The summed E-state index contributed by atoms with van der Waals surface area (Å²) in [7, 11) is 1.67. The molecule has 2 N–H and O–H groups in total. The van der Waals surface area contributed by atoms with Crippen LogP contribution in [0.25, 0.3) is 0 Å². The van der Waals surface area contributed by atoms with E-state index in [9.17, 15) is 4.79 Å². The second kappa shape index (κ2) is 8.97. The Kier molecular flexibility index (Phi) is 6.16. The van der Waals surface area contributed by atoms with Crippen molar-refractivity contribution in [3.63, 3.8) is 0 Å². The van der Waals surface area contributed by atoms with Gasteiger partial charge in [-0.25, -0.2) is 15.8 Å². The fraction of sp³-hybridized carbons (Fsp3) is 0.545. The summed E-state index contributed by atoms with van der Waals surface area (Å²) in [6, 6.07) is 7.96. The van der Waals surface area contributed by atoms with Crippen LogP contribution in [0.1, 0.15) is 43.6 Å². The van der Waals surface area contributed by atoms with Crippen molar-refractivity contribution < 1.29 is 9.53 Å². The second-order valence-electron chi connectivity index (χ2n) is 8.02. The molecule has 0 aliphatic carbocycles. The number of aryl methyl sites for hydroxylation is 1. The zero-order chi connectivity index (χ0) is 20.2. The maximum Gasteiger partial charge on any atom is 0.241 e. The normalized spacial score (nSPS) is 22.8. The van der Waals surface area contributed by atoms with Gasteiger partial charge in [-0.15, -0.1) is 0 Å². The van der Waals surface area contributed by atoms with Gasteiger partial charge in [-0.3, -0.25) is 4.79 Å². The van der Waals surface area contributed by atoms with Gasteiger partial charge in [0.05, 0.1) is 7.11 Å². The Balaban J connectivity index is 1.28. The van der Waals surface area contributed by atoms with E-state index in [4.69, 9.17) is 4.74 Å². The number of hydrogen-bond donors (Lipinski definition) is 2. The highest BCUT2D eigenvalue weighted by Crippen LogP contribution is 2.27. The third kappa shape index (κ3) is 4.46. The SMILES string of the molecule is CCc1nccn1CC1CCN(C(=O)C2CC(c3cccc(OC)c3)NN2)CC1. The van der Waals surface area contributed by atoms with Crippen molar-refractivity contribution in [2.24, 2.45) is 5.92 Å². The third-order valence-electron chi connectivity index (χ3n) is 6.20. The first-order valence-electron chi connectivity index (χ1n) is 10.6. The Morgan fingerprint density at radius 1 is 1.28 bits per heavy atom. The molecule has 1 aromatic carbocycles. The minimum atomic E-state index is -0.178. The average Bonchev–Trinajstić information content (AvgIpc) is 3.43. The van der Waals surface area contributed by atoms with Crippen LogP contribution in [0.15, 0.2) is 36.7 Å². The van der Waals surface area contributed by atoms with Crippen molar-refractivity contribution >= 4 is 5.91 Å². The molecule has 2 aliphatic rings. The number of carbonyl (C=O) groups excluding carboxylic acids is 1. The number of carbonyl (C=O) groups is 1. The number of imidazole rings is 1. The number of nitrogens with one attached hydrogen (secondary N) is 2. The molecule has 156 valence electrons. The molecule has 2 aromatic rings. The van der Waals surface area contributed by atoms with Crippen molar-refractivity contribution in [1.82, 2.24) is 25.3 Å². The van der Waals surface area contributed by atoms with Gasteiger partial charge in [0, 0.05) is 44.5 Å². The smallest absolute Gasteiger partial charge is 0.241 e. The molecule has 0 saturated carbocycles. The first-order chi connectivity index (χ1) is 14.2. The van der Waals surface area contributed by atoms with E-state index in [1.54, 1.807) is 7.11 Å². The molecule has 7 heteroatoms. The lowest BCUT2D eigenvalue weighted by Gasteiger charge is -2.33. The molecule has 29 heavy (non-hydrogen) atoms. The molecule has 0 radical (unpaired) electrons. The molecule has 2 atom stereocenters. The predicted molar refractivity (Wildman–Crippen MR) is 111 cm³/mol. The lowest BCUT2D eigenvalue weighted by Crippen LogP contribution is -2.48. The summed E-state index contributed by atoms with van der Waals surface area (Å²) in [5.41, 5.74) is 7.63. The summed E-state index contributed by atoms with van der Waals surface area (Å²) >= 11 is 0. The van der Waals surface area contributed by atoms with Gasteiger partial charge >= 0.3 is 0 Å². The number of rotatable bonds is 6. The maximum atomic E-state index is 13.0. The quantitative estimate of drug-likeness (QED) is 0.783. The van der Waals surface area contributed by atoms with Gasteiger partial charge in [-0.2, -0.15) is 0 Å². The number of nitrogens with zero attached hydrogens (tertiary/aromatic N) is 3. The molecule has 3 heterocycles. The monoisotopic (exact) mass is 397 g/mol. The lowest BCUT2D eigenvalue weighted by atomic mass is 9.95. The Hall–Kier alpha value is -2.38. The van der Waals surface area contributed by atoms with E-state index in [0.29, 0.717) is 5.92 Å². The summed E-state index contributed by atoms with van der Waals surface area (Å²) in [6.45, 7) is 4.82. The van der Waals surface area contributed by atoms with Crippen molar-refractivity contribution in [2.45, 2.75) is 51.2 Å². The zero-order valence-electron chi connectivity index (χ0n) is 17.3. The minimum Gasteiger partial charge on any atom is -0.497 e. The second-order valence-corrected chi connectivity index (χ2v) is 8.02. The van der Waals surface area contributed by atoms with E-state index >= 15 is 0 Å². The summed E-state index contributed by atoms with van der Waals surface area (Å²) in [6.07, 6.45) is 7.76. The first kappa shape index (κ1) is 19.9. The number of hydrogen-bond acceptors (Lipinski definition) is 5. The van der Waals surface area contributed by atoms with Gasteiger partial charge < -0.3 is 14.2 Å². The van der Waals surface area contributed by atoms with Crippen LogP contribution in [-0.2, 0) is 17.8 Å². The van der Waals surface area contributed by atoms with Gasteiger partial charge in [0.25, 0.3) is 0 Å². The number of likely N-dealkylation sites (tertiary alicyclic amines) is 1. The molecular weight excluding hydrogens is 366 g/mol. The largest absolute Gasteiger partial charge is 0.497 e. The standard InChI is InChI=1S/C22H31N5O2/c1-3-21-23-9-12-27(21)15-16-7-10-26(11-8-16)22(28)20-14-19(24-25-20)17-5-4-6-18(13-17)29-2/h4-6,9,12-13,16,19-20,24-25H,3,7-8,10-11,14-15H2,1-2H3. The van der Waals surface area contributed by atoms with E-state index < -0.39 is 0 Å². The van der Waals surface area contributed by atoms with Crippen LogP contribution in [-0.4, -0.2) is 46.6 Å². The van der Waals surface area contributed by atoms with Crippen molar-refractivity contribution in [3.8, 4) is 5.75 Å². The Bertz CT molecular complexity index is 828. The number of benzene rings is 1. The van der Waals surface area contributed by atoms with Crippen LogP contribution in [0.4, 0.5) is 0 Å². The molecule has 1 aromatic heterocycles. The number of amides is 1. The fourth-order valence-corrected chi connectivity index (χ4v) is 4.45. The Labute approximate surface area is 172 Å². The number of methoxy groups -OCH3 is 1. The van der Waals surface area contributed by atoms with Crippen molar-refractivity contribution in [1.29, 1.82) is 0 Å². The molecule has 2 aliphatic heterocycles. The lowest BCUT2D eigenvalue weighted by molar-refractivity contribution is -0.134. The van der Waals surface area contributed by atoms with Gasteiger partial charge in [0.2, 0.25) is 5.91 Å². The van der Waals surface area contributed by atoms with Gasteiger partial charge in [-0.05, 0) is 42.9 Å².